The van der Waals surface area contributed by atoms with Gasteiger partial charge in [0.25, 0.3) is 5.56 Å². The Labute approximate surface area is 172 Å². The average Bonchev–Trinajstić information content (AvgIpc) is 3.17. The van der Waals surface area contributed by atoms with Gasteiger partial charge in [-0.1, -0.05) is 6.92 Å². The van der Waals surface area contributed by atoms with Crippen molar-refractivity contribution >= 4 is 11.3 Å². The molecule has 0 atom stereocenters. The lowest BCUT2D eigenvalue weighted by Crippen LogP contribution is -2.59. The van der Waals surface area contributed by atoms with Gasteiger partial charge in [0.2, 0.25) is 0 Å². The van der Waals surface area contributed by atoms with Crippen molar-refractivity contribution in [2.45, 2.75) is 65.0 Å². The van der Waals surface area contributed by atoms with Crippen molar-refractivity contribution in [2.24, 2.45) is 0 Å². The van der Waals surface area contributed by atoms with E-state index in [1.165, 1.54) is 84.6 Å². The number of rotatable bonds is 5. The number of aryl methyl sites for hydroxylation is 2. The maximum atomic E-state index is 12.1. The van der Waals surface area contributed by atoms with Crippen LogP contribution in [0.3, 0.4) is 0 Å². The number of pyridine rings is 1. The molecule has 0 saturated carbocycles. The molecule has 0 amide bonds. The first-order chi connectivity index (χ1) is 13.6. The van der Waals surface area contributed by atoms with Crippen LogP contribution in [0, 0.1) is 6.92 Å². The van der Waals surface area contributed by atoms with Crippen molar-refractivity contribution in [2.75, 3.05) is 26.2 Å². The minimum Gasteiger partial charge on any atom is -0.326 e. The van der Waals surface area contributed by atoms with Crippen LogP contribution in [-0.4, -0.2) is 41.7 Å². The highest BCUT2D eigenvalue weighted by atomic mass is 32.1. The number of hydrogen-bond donors (Lipinski definition) is 2. The number of quaternary nitrogens is 1. The van der Waals surface area contributed by atoms with Crippen LogP contribution in [-0.2, 0) is 13.0 Å². The van der Waals surface area contributed by atoms with E-state index < -0.39 is 0 Å². The van der Waals surface area contributed by atoms with E-state index in [1.807, 2.05) is 25.2 Å². The number of aromatic amines is 1. The molecule has 5 heteroatoms. The van der Waals surface area contributed by atoms with Crippen LogP contribution < -0.4 is 10.9 Å². The van der Waals surface area contributed by atoms with Gasteiger partial charge in [-0.2, -0.15) is 0 Å². The molecule has 2 N–H and O–H groups in total. The highest BCUT2D eigenvalue weighted by Crippen LogP contribution is 2.35. The smallest absolute Gasteiger partial charge is 0.251 e. The van der Waals surface area contributed by atoms with Gasteiger partial charge in [0.1, 0.15) is 6.54 Å². The van der Waals surface area contributed by atoms with Gasteiger partial charge in [0.15, 0.2) is 0 Å². The third-order valence-electron chi connectivity index (χ3n) is 6.88. The fourth-order valence-corrected chi connectivity index (χ4v) is 6.45. The van der Waals surface area contributed by atoms with Gasteiger partial charge in [-0.3, -0.25) is 4.79 Å². The number of nitrogens with zero attached hydrogens (tertiary/aromatic N) is 1. The van der Waals surface area contributed by atoms with Crippen molar-refractivity contribution in [3.63, 3.8) is 0 Å². The standard InChI is InChI=1S/C23H33N3OS/c1-3-18-15-21(17(2)25-23(18)27)22-8-7-20(28-22)16-26(13-5-4-6-14-26)19-9-11-24-12-10-19/h7-8,15,19,24H,3-6,9-14,16H2,1-2H3/p+1. The number of nitrogens with one attached hydrogen (secondary N) is 2. The Balaban J connectivity index is 1.60. The molecule has 2 aliphatic rings. The molecule has 2 aromatic rings. The predicted molar refractivity (Wildman–Crippen MR) is 118 cm³/mol. The Morgan fingerprint density at radius 2 is 1.89 bits per heavy atom. The molecule has 28 heavy (non-hydrogen) atoms. The third kappa shape index (κ3) is 3.98. The molecule has 0 unspecified atom stereocenters. The lowest BCUT2D eigenvalue weighted by atomic mass is 9.96. The molecule has 2 aliphatic heterocycles. The molecule has 4 heterocycles. The van der Waals surface area contributed by atoms with Gasteiger partial charge < -0.3 is 14.8 Å². The van der Waals surface area contributed by atoms with Crippen LogP contribution in [0.5, 0.6) is 0 Å². The topological polar surface area (TPSA) is 44.9 Å². The minimum atomic E-state index is 0.0595. The number of piperidine rings is 2. The van der Waals surface area contributed by atoms with E-state index in [1.54, 1.807) is 0 Å². The molecular formula is C23H34N3OS+. The van der Waals surface area contributed by atoms with Gasteiger partial charge in [0.05, 0.1) is 24.0 Å². The monoisotopic (exact) mass is 400 g/mol. The van der Waals surface area contributed by atoms with Crippen LogP contribution in [0.15, 0.2) is 23.0 Å². The summed E-state index contributed by atoms with van der Waals surface area (Å²) in [5, 5.41) is 3.55. The summed E-state index contributed by atoms with van der Waals surface area (Å²) in [5.74, 6) is 0. The fourth-order valence-electron chi connectivity index (χ4n) is 5.25. The summed E-state index contributed by atoms with van der Waals surface area (Å²) in [6.45, 7) is 10.3. The predicted octanol–water partition coefficient (Wildman–Crippen LogP) is 4.23. The molecular weight excluding hydrogens is 366 g/mol. The summed E-state index contributed by atoms with van der Waals surface area (Å²) in [7, 11) is 0. The Hall–Kier alpha value is -1.43. The normalized spacial score (nSPS) is 20.4. The van der Waals surface area contributed by atoms with Crippen LogP contribution in [0.4, 0.5) is 0 Å². The van der Waals surface area contributed by atoms with E-state index in [0.29, 0.717) is 0 Å². The minimum absolute atomic E-state index is 0.0595. The maximum Gasteiger partial charge on any atom is 0.251 e. The number of aromatic nitrogens is 1. The molecule has 4 nitrogen and oxygen atoms in total. The lowest BCUT2D eigenvalue weighted by molar-refractivity contribution is -0.968. The fraction of sp³-hybridized carbons (Fsp3) is 0.609. The Kier molecular flexibility index (Phi) is 6.04. The third-order valence-corrected chi connectivity index (χ3v) is 7.99. The largest absolute Gasteiger partial charge is 0.326 e. The second-order valence-electron chi connectivity index (χ2n) is 8.65. The Bertz CT molecular complexity index is 857. The molecule has 0 spiro atoms. The van der Waals surface area contributed by atoms with Gasteiger partial charge in [-0.05, 0) is 50.8 Å². The zero-order valence-electron chi connectivity index (χ0n) is 17.4. The highest BCUT2D eigenvalue weighted by molar-refractivity contribution is 7.15. The van der Waals surface area contributed by atoms with Crippen LogP contribution in [0.2, 0.25) is 0 Å². The van der Waals surface area contributed by atoms with Crippen LogP contribution in [0.25, 0.3) is 10.4 Å². The van der Waals surface area contributed by atoms with Crippen molar-refractivity contribution in [3.8, 4) is 10.4 Å². The summed E-state index contributed by atoms with van der Waals surface area (Å²) in [6, 6.07) is 7.52. The van der Waals surface area contributed by atoms with E-state index in [2.05, 4.69) is 28.5 Å². The summed E-state index contributed by atoms with van der Waals surface area (Å²) in [5.41, 5.74) is 3.12. The van der Waals surface area contributed by atoms with Crippen LogP contribution >= 0.6 is 11.3 Å². The quantitative estimate of drug-likeness (QED) is 0.738. The highest BCUT2D eigenvalue weighted by Gasteiger charge is 2.39. The van der Waals surface area contributed by atoms with E-state index in [9.17, 15) is 4.79 Å². The average molecular weight is 401 g/mol. The van der Waals surface area contributed by atoms with Crippen molar-refractivity contribution in [1.29, 1.82) is 0 Å². The summed E-state index contributed by atoms with van der Waals surface area (Å²) in [6.07, 6.45) is 7.56. The molecule has 2 saturated heterocycles. The van der Waals surface area contributed by atoms with E-state index >= 15 is 0 Å². The van der Waals surface area contributed by atoms with Gasteiger partial charge in [0, 0.05) is 47.6 Å². The molecule has 0 bridgehead atoms. The van der Waals surface area contributed by atoms with Crippen molar-refractivity contribution in [3.05, 3.63) is 44.7 Å². The summed E-state index contributed by atoms with van der Waals surface area (Å²) >= 11 is 1.93. The number of H-pyrrole nitrogens is 1. The van der Waals surface area contributed by atoms with Crippen LogP contribution in [0.1, 0.15) is 55.2 Å². The van der Waals surface area contributed by atoms with Crippen molar-refractivity contribution in [1.82, 2.24) is 10.3 Å². The number of thiophene rings is 1. The summed E-state index contributed by atoms with van der Waals surface area (Å²) < 4.78 is 1.30. The van der Waals surface area contributed by atoms with E-state index in [0.717, 1.165) is 23.7 Å². The number of likely N-dealkylation sites (tertiary alicyclic amines) is 1. The Morgan fingerprint density at radius 1 is 1.14 bits per heavy atom. The van der Waals surface area contributed by atoms with Gasteiger partial charge in [-0.15, -0.1) is 11.3 Å². The summed E-state index contributed by atoms with van der Waals surface area (Å²) in [4.78, 5) is 17.9. The molecule has 2 aromatic heterocycles. The maximum absolute atomic E-state index is 12.1. The molecule has 4 rings (SSSR count). The van der Waals surface area contributed by atoms with E-state index in [4.69, 9.17) is 0 Å². The second-order valence-corrected chi connectivity index (χ2v) is 9.82. The SMILES string of the molecule is CCc1cc(-c2ccc(C[N+]3(C4CCNCC4)CCCCC3)s2)c(C)[nH]c1=O. The molecule has 0 aromatic carbocycles. The first-order valence-electron chi connectivity index (χ1n) is 11.0. The molecule has 0 radical (unpaired) electrons. The number of hydrogen-bond acceptors (Lipinski definition) is 3. The zero-order valence-corrected chi connectivity index (χ0v) is 18.2. The second kappa shape index (κ2) is 8.52. The first-order valence-corrected chi connectivity index (χ1v) is 11.8. The molecule has 152 valence electrons. The van der Waals surface area contributed by atoms with E-state index in [-0.39, 0.29) is 5.56 Å². The van der Waals surface area contributed by atoms with Gasteiger partial charge in [-0.25, -0.2) is 0 Å². The van der Waals surface area contributed by atoms with Crippen molar-refractivity contribution < 1.29 is 4.48 Å². The first kappa shape index (κ1) is 19.9. The lowest BCUT2D eigenvalue weighted by Gasteiger charge is -2.48. The Morgan fingerprint density at radius 3 is 2.61 bits per heavy atom. The van der Waals surface area contributed by atoms with Gasteiger partial charge >= 0.3 is 0 Å². The molecule has 0 aliphatic carbocycles. The molecule has 2 fully saturated rings. The zero-order chi connectivity index (χ0) is 19.6.